The fourth-order valence-corrected chi connectivity index (χ4v) is 2.43. The highest BCUT2D eigenvalue weighted by Crippen LogP contribution is 2.31. The lowest BCUT2D eigenvalue weighted by atomic mass is 10.0. The summed E-state index contributed by atoms with van der Waals surface area (Å²) >= 11 is 0. The summed E-state index contributed by atoms with van der Waals surface area (Å²) in [5.41, 5.74) is 0.593. The van der Waals surface area contributed by atoms with Gasteiger partial charge in [-0.2, -0.15) is 18.2 Å². The smallest absolute Gasteiger partial charge is 0.401 e. The van der Waals surface area contributed by atoms with Gasteiger partial charge >= 0.3 is 6.18 Å². The van der Waals surface area contributed by atoms with Crippen molar-refractivity contribution in [2.24, 2.45) is 0 Å². The molecule has 1 aliphatic heterocycles. The van der Waals surface area contributed by atoms with Crippen molar-refractivity contribution in [3.63, 3.8) is 0 Å². The Morgan fingerprint density at radius 2 is 2.17 bits per heavy atom. The molecule has 0 saturated carbocycles. The molecule has 0 amide bonds. The quantitative estimate of drug-likeness (QED) is 0.840. The molecule has 0 radical (unpaired) electrons. The average molecular weight is 328 g/mol. The van der Waals surface area contributed by atoms with E-state index in [1.165, 1.54) is 4.90 Å². The lowest BCUT2D eigenvalue weighted by molar-refractivity contribution is -0.155. The van der Waals surface area contributed by atoms with E-state index in [2.05, 4.69) is 15.1 Å². The van der Waals surface area contributed by atoms with E-state index in [1.54, 1.807) is 18.3 Å². The van der Waals surface area contributed by atoms with Crippen LogP contribution in [0.5, 0.6) is 5.88 Å². The molecule has 0 aromatic carbocycles. The second-order valence-corrected chi connectivity index (χ2v) is 5.25. The van der Waals surface area contributed by atoms with Crippen LogP contribution in [0.15, 0.2) is 22.9 Å². The molecule has 0 bridgehead atoms. The predicted molar refractivity (Wildman–Crippen MR) is 73.9 cm³/mol. The Morgan fingerprint density at radius 3 is 2.87 bits per heavy atom. The van der Waals surface area contributed by atoms with Gasteiger partial charge in [0.15, 0.2) is 0 Å². The van der Waals surface area contributed by atoms with Gasteiger partial charge in [0.2, 0.25) is 17.6 Å². The summed E-state index contributed by atoms with van der Waals surface area (Å²) in [5, 5.41) is 3.89. The maximum Gasteiger partial charge on any atom is 0.401 e. The van der Waals surface area contributed by atoms with Gasteiger partial charge in [-0.05, 0) is 19.1 Å². The largest absolute Gasteiger partial charge is 0.477 e. The number of ether oxygens (including phenoxy) is 1. The van der Waals surface area contributed by atoms with Crippen molar-refractivity contribution in [1.82, 2.24) is 20.0 Å². The van der Waals surface area contributed by atoms with Crippen LogP contribution in [0.1, 0.15) is 18.7 Å². The molecule has 0 N–H and O–H groups in total. The molecule has 1 aliphatic rings. The highest BCUT2D eigenvalue weighted by atomic mass is 19.4. The van der Waals surface area contributed by atoms with E-state index < -0.39 is 12.7 Å². The van der Waals surface area contributed by atoms with Gasteiger partial charge < -0.3 is 9.26 Å². The van der Waals surface area contributed by atoms with Crippen molar-refractivity contribution >= 4 is 0 Å². The second kappa shape index (κ2) is 6.15. The number of hydrogen-bond donors (Lipinski definition) is 0. The third-order valence-electron chi connectivity index (χ3n) is 3.44. The highest BCUT2D eigenvalue weighted by Gasteiger charge is 2.39. The van der Waals surface area contributed by atoms with Crippen LogP contribution in [0, 0.1) is 0 Å². The minimum atomic E-state index is -4.19. The van der Waals surface area contributed by atoms with Gasteiger partial charge in [0.05, 0.1) is 24.6 Å². The zero-order chi connectivity index (χ0) is 16.4. The summed E-state index contributed by atoms with van der Waals surface area (Å²) in [6.45, 7) is 1.88. The standard InChI is InChI=1S/C14H15F3N4O2/c1-2-22-13-10(4-3-5-18-13)11-19-12(23-20-11)9-6-21(7-9)8-14(15,16)17/h3-5,9H,2,6-8H2,1H3. The Kier molecular flexibility index (Phi) is 4.20. The number of rotatable bonds is 5. The number of halogens is 3. The van der Waals surface area contributed by atoms with Gasteiger partial charge in [0.1, 0.15) is 0 Å². The molecule has 2 aromatic heterocycles. The Labute approximate surface area is 130 Å². The first kappa shape index (κ1) is 15.7. The Hall–Kier alpha value is -2.16. The van der Waals surface area contributed by atoms with Crippen LogP contribution in [-0.2, 0) is 0 Å². The van der Waals surface area contributed by atoms with E-state index >= 15 is 0 Å². The molecule has 0 unspecified atom stereocenters. The molecule has 9 heteroatoms. The molecule has 1 saturated heterocycles. The van der Waals surface area contributed by atoms with E-state index in [1.807, 2.05) is 6.92 Å². The third kappa shape index (κ3) is 3.61. The first-order valence-electron chi connectivity index (χ1n) is 7.17. The summed E-state index contributed by atoms with van der Waals surface area (Å²) in [5.74, 6) is 0.885. The van der Waals surface area contributed by atoms with Crippen molar-refractivity contribution in [2.75, 3.05) is 26.2 Å². The molecule has 1 fully saturated rings. The summed E-state index contributed by atoms with van der Waals surface area (Å²) in [4.78, 5) is 9.67. The Bertz CT molecular complexity index is 668. The van der Waals surface area contributed by atoms with E-state index in [0.29, 0.717) is 29.8 Å². The molecular weight excluding hydrogens is 313 g/mol. The van der Waals surface area contributed by atoms with Crippen molar-refractivity contribution in [1.29, 1.82) is 0 Å². The molecule has 6 nitrogen and oxygen atoms in total. The molecule has 0 atom stereocenters. The van der Waals surface area contributed by atoms with Gasteiger partial charge in [-0.15, -0.1) is 0 Å². The third-order valence-corrected chi connectivity index (χ3v) is 3.44. The zero-order valence-corrected chi connectivity index (χ0v) is 12.4. The molecule has 3 heterocycles. The van der Waals surface area contributed by atoms with Gasteiger partial charge in [-0.25, -0.2) is 4.98 Å². The molecule has 2 aromatic rings. The van der Waals surface area contributed by atoms with Crippen LogP contribution in [-0.4, -0.2) is 52.4 Å². The first-order valence-corrected chi connectivity index (χ1v) is 7.17. The van der Waals surface area contributed by atoms with Crippen LogP contribution in [0.4, 0.5) is 13.2 Å². The molecule has 23 heavy (non-hydrogen) atoms. The fraction of sp³-hybridized carbons (Fsp3) is 0.500. The lowest BCUT2D eigenvalue weighted by Crippen LogP contribution is -2.49. The summed E-state index contributed by atoms with van der Waals surface area (Å²) in [6.07, 6.45) is -2.59. The van der Waals surface area contributed by atoms with Crippen LogP contribution >= 0.6 is 0 Å². The number of pyridine rings is 1. The molecule has 0 aliphatic carbocycles. The molecule has 3 rings (SSSR count). The van der Waals surface area contributed by atoms with Gasteiger partial charge in [0, 0.05) is 19.3 Å². The van der Waals surface area contributed by atoms with Crippen molar-refractivity contribution in [3.05, 3.63) is 24.2 Å². The minimum absolute atomic E-state index is 0.175. The predicted octanol–water partition coefficient (Wildman–Crippen LogP) is 2.49. The van der Waals surface area contributed by atoms with Gasteiger partial charge in [0.25, 0.3) is 0 Å². The van der Waals surface area contributed by atoms with Gasteiger partial charge in [-0.3, -0.25) is 4.90 Å². The van der Waals surface area contributed by atoms with Crippen LogP contribution in [0.2, 0.25) is 0 Å². The summed E-state index contributed by atoms with van der Waals surface area (Å²) < 4.78 is 47.4. The number of alkyl halides is 3. The lowest BCUT2D eigenvalue weighted by Gasteiger charge is -2.37. The number of nitrogens with zero attached hydrogens (tertiary/aromatic N) is 4. The second-order valence-electron chi connectivity index (χ2n) is 5.25. The van der Waals surface area contributed by atoms with Crippen LogP contribution in [0.3, 0.4) is 0 Å². The number of hydrogen-bond acceptors (Lipinski definition) is 6. The maximum absolute atomic E-state index is 12.3. The van der Waals surface area contributed by atoms with E-state index in [0.717, 1.165) is 0 Å². The van der Waals surface area contributed by atoms with Gasteiger partial charge in [-0.1, -0.05) is 5.16 Å². The van der Waals surface area contributed by atoms with Crippen molar-refractivity contribution in [3.8, 4) is 17.3 Å². The van der Waals surface area contributed by atoms with E-state index in [-0.39, 0.29) is 19.0 Å². The maximum atomic E-state index is 12.3. The van der Waals surface area contributed by atoms with Crippen molar-refractivity contribution < 1.29 is 22.4 Å². The number of likely N-dealkylation sites (tertiary alicyclic amines) is 1. The molecular formula is C14H15F3N4O2. The first-order chi connectivity index (χ1) is 11.0. The molecule has 0 spiro atoms. The normalized spacial score (nSPS) is 16.3. The highest BCUT2D eigenvalue weighted by molar-refractivity contribution is 5.60. The average Bonchev–Trinajstić information content (AvgIpc) is 2.91. The monoisotopic (exact) mass is 328 g/mol. The fourth-order valence-electron chi connectivity index (χ4n) is 2.43. The van der Waals surface area contributed by atoms with Crippen LogP contribution < -0.4 is 4.74 Å². The Balaban J connectivity index is 1.68. The number of aromatic nitrogens is 3. The van der Waals surface area contributed by atoms with Crippen LogP contribution in [0.25, 0.3) is 11.4 Å². The Morgan fingerprint density at radius 1 is 1.39 bits per heavy atom. The zero-order valence-electron chi connectivity index (χ0n) is 12.4. The minimum Gasteiger partial charge on any atom is -0.477 e. The summed E-state index contributed by atoms with van der Waals surface area (Å²) in [7, 11) is 0. The van der Waals surface area contributed by atoms with E-state index in [9.17, 15) is 13.2 Å². The SMILES string of the molecule is CCOc1ncccc1-c1noc(C2CN(CC(F)(F)F)C2)n1. The summed E-state index contributed by atoms with van der Waals surface area (Å²) in [6, 6.07) is 3.48. The van der Waals surface area contributed by atoms with E-state index in [4.69, 9.17) is 9.26 Å². The topological polar surface area (TPSA) is 64.3 Å². The van der Waals surface area contributed by atoms with Crippen molar-refractivity contribution in [2.45, 2.75) is 19.0 Å². The molecule has 124 valence electrons.